The molecule has 1 aliphatic rings. The van der Waals surface area contributed by atoms with Crippen molar-refractivity contribution in [3.63, 3.8) is 0 Å². The van der Waals surface area contributed by atoms with Crippen LogP contribution >= 0.6 is 0 Å². The summed E-state index contributed by atoms with van der Waals surface area (Å²) in [6.07, 6.45) is 6.07. The van der Waals surface area contributed by atoms with E-state index >= 15 is 0 Å². The first kappa shape index (κ1) is 20.0. The summed E-state index contributed by atoms with van der Waals surface area (Å²) in [5, 5.41) is 0. The highest BCUT2D eigenvalue weighted by Gasteiger charge is 2.19. The minimum Gasteiger partial charge on any atom is -0.489 e. The molecule has 0 aromatic heterocycles. The van der Waals surface area contributed by atoms with E-state index in [0.29, 0.717) is 19.8 Å². The molecule has 0 heterocycles. The van der Waals surface area contributed by atoms with Crippen LogP contribution in [0.2, 0.25) is 0 Å². The van der Waals surface area contributed by atoms with Crippen LogP contribution in [0.3, 0.4) is 0 Å². The molecule has 0 saturated carbocycles. The zero-order chi connectivity index (χ0) is 19.8. The van der Waals surface area contributed by atoms with Gasteiger partial charge < -0.3 is 14.2 Å². The molecule has 2 aromatic rings. The lowest BCUT2D eigenvalue weighted by Gasteiger charge is -2.22. The minimum absolute atomic E-state index is 0.259. The summed E-state index contributed by atoms with van der Waals surface area (Å²) in [4.78, 5) is 12.2. The quantitative estimate of drug-likeness (QED) is 0.364. The van der Waals surface area contributed by atoms with E-state index in [1.807, 2.05) is 43.3 Å². The van der Waals surface area contributed by atoms with E-state index in [9.17, 15) is 4.79 Å². The molecule has 0 unspecified atom stereocenters. The Morgan fingerprint density at radius 2 is 1.64 bits per heavy atom. The van der Waals surface area contributed by atoms with E-state index in [4.69, 9.17) is 14.2 Å². The van der Waals surface area contributed by atoms with Crippen molar-refractivity contribution in [3.8, 4) is 5.75 Å². The monoisotopic (exact) mass is 380 g/mol. The predicted octanol–water partition coefficient (Wildman–Crippen LogP) is 5.08. The molecule has 0 bridgehead atoms. The van der Waals surface area contributed by atoms with E-state index in [2.05, 4.69) is 12.1 Å². The van der Waals surface area contributed by atoms with Crippen LogP contribution in [0, 0.1) is 0 Å². The van der Waals surface area contributed by atoms with Gasteiger partial charge in [-0.15, -0.1) is 0 Å². The lowest BCUT2D eigenvalue weighted by molar-refractivity contribution is -0.142. The highest BCUT2D eigenvalue weighted by atomic mass is 16.6. The van der Waals surface area contributed by atoms with Gasteiger partial charge in [0.2, 0.25) is 5.76 Å². The summed E-state index contributed by atoms with van der Waals surface area (Å²) >= 11 is 0. The molecule has 0 aliphatic heterocycles. The number of rotatable bonds is 8. The van der Waals surface area contributed by atoms with E-state index in [1.165, 1.54) is 11.1 Å². The Morgan fingerprint density at radius 3 is 2.36 bits per heavy atom. The second-order valence-corrected chi connectivity index (χ2v) is 6.75. The number of carbonyl (C=O) groups excluding carboxylic acids is 1. The molecule has 0 atom stereocenters. The maximum Gasteiger partial charge on any atom is 0.373 e. The largest absolute Gasteiger partial charge is 0.489 e. The molecule has 2 aromatic carbocycles. The Labute approximate surface area is 167 Å². The fourth-order valence-corrected chi connectivity index (χ4v) is 3.53. The molecule has 28 heavy (non-hydrogen) atoms. The van der Waals surface area contributed by atoms with Crippen LogP contribution in [0.4, 0.5) is 0 Å². The summed E-state index contributed by atoms with van der Waals surface area (Å²) in [7, 11) is 0. The summed E-state index contributed by atoms with van der Waals surface area (Å²) in [5.41, 5.74) is 4.66. The van der Waals surface area contributed by atoms with Gasteiger partial charge in [-0.1, -0.05) is 36.4 Å². The summed E-state index contributed by atoms with van der Waals surface area (Å²) in [6, 6.07) is 14.2. The van der Waals surface area contributed by atoms with Crippen LogP contribution < -0.4 is 4.74 Å². The normalized spacial score (nSPS) is 13.6. The zero-order valence-corrected chi connectivity index (χ0v) is 16.7. The third-order valence-electron chi connectivity index (χ3n) is 4.83. The van der Waals surface area contributed by atoms with Gasteiger partial charge in [0.25, 0.3) is 0 Å². The van der Waals surface area contributed by atoms with Crippen LogP contribution in [-0.4, -0.2) is 19.2 Å². The van der Waals surface area contributed by atoms with Crippen LogP contribution in [0.1, 0.15) is 48.9 Å². The van der Waals surface area contributed by atoms with E-state index in [1.54, 1.807) is 6.92 Å². The van der Waals surface area contributed by atoms with E-state index in [0.717, 1.165) is 42.6 Å². The molecule has 0 fully saturated rings. The minimum atomic E-state index is -0.418. The van der Waals surface area contributed by atoms with Gasteiger partial charge in [-0.2, -0.15) is 0 Å². The van der Waals surface area contributed by atoms with E-state index in [-0.39, 0.29) is 5.76 Å². The number of carbonyl (C=O) groups is 1. The van der Waals surface area contributed by atoms with Gasteiger partial charge in [0.05, 0.1) is 13.2 Å². The fraction of sp³-hybridized carbons (Fsp3) is 0.375. The first-order valence-electron chi connectivity index (χ1n) is 10.1. The van der Waals surface area contributed by atoms with Crippen molar-refractivity contribution in [2.75, 3.05) is 13.2 Å². The highest BCUT2D eigenvalue weighted by molar-refractivity contribution is 5.91. The first-order valence-corrected chi connectivity index (χ1v) is 10.1. The maximum absolute atomic E-state index is 12.2. The van der Waals surface area contributed by atoms with Gasteiger partial charge in [-0.05, 0) is 73.9 Å². The van der Waals surface area contributed by atoms with Gasteiger partial charge in [-0.25, -0.2) is 4.79 Å². The standard InChI is InChI=1S/C24H28O4/c1-3-26-23(24(25)27-4-2)16-19-14-15-22(21-13-9-8-12-20(19)21)28-17-18-10-6-5-7-11-18/h5-7,10-11,14-16H,3-4,8-9,12-13,17H2,1-2H3/b23-16-. The van der Waals surface area contributed by atoms with Gasteiger partial charge in [-0.3, -0.25) is 0 Å². The zero-order valence-electron chi connectivity index (χ0n) is 16.7. The Morgan fingerprint density at radius 1 is 0.929 bits per heavy atom. The van der Waals surface area contributed by atoms with Crippen molar-refractivity contribution in [1.82, 2.24) is 0 Å². The smallest absolute Gasteiger partial charge is 0.373 e. The Bertz CT molecular complexity index is 824. The molecular formula is C24H28O4. The molecule has 1 aliphatic carbocycles. The van der Waals surface area contributed by atoms with Crippen molar-refractivity contribution in [1.29, 1.82) is 0 Å². The number of benzene rings is 2. The molecule has 0 amide bonds. The Kier molecular flexibility index (Phi) is 7.12. The van der Waals surface area contributed by atoms with Gasteiger partial charge >= 0.3 is 5.97 Å². The van der Waals surface area contributed by atoms with Gasteiger partial charge in [0, 0.05) is 0 Å². The van der Waals surface area contributed by atoms with Crippen molar-refractivity contribution in [2.24, 2.45) is 0 Å². The Balaban J connectivity index is 1.88. The molecule has 0 N–H and O–H groups in total. The fourth-order valence-electron chi connectivity index (χ4n) is 3.53. The lowest BCUT2D eigenvalue weighted by atomic mass is 9.87. The SMILES string of the molecule is CCOC(=O)/C(=C/c1ccc(OCc2ccccc2)c2c1CCCC2)OCC. The topological polar surface area (TPSA) is 44.8 Å². The summed E-state index contributed by atoms with van der Waals surface area (Å²) in [5.74, 6) is 0.776. The Hall–Kier alpha value is -2.75. The number of fused-ring (bicyclic) bond motifs is 1. The predicted molar refractivity (Wildman–Crippen MR) is 110 cm³/mol. The highest BCUT2D eigenvalue weighted by Crippen LogP contribution is 2.34. The second-order valence-electron chi connectivity index (χ2n) is 6.75. The molecule has 4 nitrogen and oxygen atoms in total. The average Bonchev–Trinajstić information content (AvgIpc) is 2.73. The molecule has 0 saturated heterocycles. The number of hydrogen-bond acceptors (Lipinski definition) is 4. The molecular weight excluding hydrogens is 352 g/mol. The molecule has 0 radical (unpaired) electrons. The average molecular weight is 380 g/mol. The van der Waals surface area contributed by atoms with Crippen LogP contribution in [0.5, 0.6) is 5.75 Å². The van der Waals surface area contributed by atoms with Crippen LogP contribution in [0.15, 0.2) is 48.2 Å². The second kappa shape index (κ2) is 9.98. The maximum atomic E-state index is 12.2. The summed E-state index contributed by atoms with van der Waals surface area (Å²) in [6.45, 7) is 4.96. The number of esters is 1. The van der Waals surface area contributed by atoms with Crippen molar-refractivity contribution >= 4 is 12.0 Å². The number of hydrogen-bond donors (Lipinski definition) is 0. The molecule has 0 spiro atoms. The van der Waals surface area contributed by atoms with Crippen molar-refractivity contribution < 1.29 is 19.0 Å². The lowest BCUT2D eigenvalue weighted by Crippen LogP contribution is -2.12. The van der Waals surface area contributed by atoms with Crippen molar-refractivity contribution in [3.05, 3.63) is 70.5 Å². The third-order valence-corrected chi connectivity index (χ3v) is 4.83. The van der Waals surface area contributed by atoms with E-state index < -0.39 is 5.97 Å². The van der Waals surface area contributed by atoms with Gasteiger partial charge in [0.15, 0.2) is 0 Å². The van der Waals surface area contributed by atoms with Crippen LogP contribution in [0.25, 0.3) is 6.08 Å². The third kappa shape index (κ3) is 4.94. The molecule has 148 valence electrons. The molecule has 4 heteroatoms. The van der Waals surface area contributed by atoms with Crippen LogP contribution in [-0.2, 0) is 33.7 Å². The van der Waals surface area contributed by atoms with Crippen molar-refractivity contribution in [2.45, 2.75) is 46.1 Å². The van der Waals surface area contributed by atoms with Gasteiger partial charge in [0.1, 0.15) is 12.4 Å². The molecule has 3 rings (SSSR count). The summed E-state index contributed by atoms with van der Waals surface area (Å²) < 4.78 is 16.8. The number of ether oxygens (including phenoxy) is 3. The first-order chi connectivity index (χ1) is 13.7.